The summed E-state index contributed by atoms with van der Waals surface area (Å²) in [5, 5.41) is 16.5. The van der Waals surface area contributed by atoms with Crippen molar-refractivity contribution in [3.8, 4) is 39.4 Å². The fourth-order valence-corrected chi connectivity index (χ4v) is 6.80. The first kappa shape index (κ1) is 34.5. The zero-order valence-corrected chi connectivity index (χ0v) is 28.9. The minimum absolute atomic E-state index is 0.0937. The van der Waals surface area contributed by atoms with Crippen LogP contribution < -0.4 is 20.9 Å². The third-order valence-electron chi connectivity index (χ3n) is 8.72. The molecule has 0 aliphatic carbocycles. The van der Waals surface area contributed by atoms with E-state index in [2.05, 4.69) is 15.6 Å². The Kier molecular flexibility index (Phi) is 10.9. The summed E-state index contributed by atoms with van der Waals surface area (Å²) in [7, 11) is 3.50. The molecule has 1 aliphatic rings. The zero-order chi connectivity index (χ0) is 34.5. The second kappa shape index (κ2) is 15.5. The summed E-state index contributed by atoms with van der Waals surface area (Å²) in [5.74, 6) is 0.586. The fraction of sp³-hybridized carbons (Fsp3) is 0.297. The standard InChI is InChI=1S/C37H38Cl2N6O4/c1-44(15-5-17-46)22-25-20-41-32-18-23(14-16-45(32)37(25)48)27-6-3-7-28(34(27)38)29-8-4-9-30(35(29)39)31-12-10-24(36(43-31)49-2)19-40-21-26-11-13-33(47)42-26/h3-4,6-10,12,14,16,18,20,26,40,46H,5,11,13,15,17,19,21-22H2,1-2H3,(H,42,47)/t26-/m0/s1. The minimum Gasteiger partial charge on any atom is -0.481 e. The van der Waals surface area contributed by atoms with Gasteiger partial charge in [-0.1, -0.05) is 65.7 Å². The predicted molar refractivity (Wildman–Crippen MR) is 193 cm³/mol. The third kappa shape index (κ3) is 7.64. The van der Waals surface area contributed by atoms with Gasteiger partial charge < -0.3 is 25.4 Å². The smallest absolute Gasteiger partial charge is 0.262 e. The van der Waals surface area contributed by atoms with Gasteiger partial charge in [-0.05, 0) is 43.7 Å². The number of halogens is 2. The lowest BCUT2D eigenvalue weighted by Gasteiger charge is -2.16. The van der Waals surface area contributed by atoms with Crippen molar-refractivity contribution in [2.24, 2.45) is 0 Å². The highest BCUT2D eigenvalue weighted by atomic mass is 35.5. The second-order valence-electron chi connectivity index (χ2n) is 12.2. The average Bonchev–Trinajstić information content (AvgIpc) is 3.53. The van der Waals surface area contributed by atoms with Crippen molar-refractivity contribution < 1.29 is 14.6 Å². The number of methoxy groups -OCH3 is 1. The van der Waals surface area contributed by atoms with E-state index in [1.165, 1.54) is 4.40 Å². The Balaban J connectivity index is 1.25. The summed E-state index contributed by atoms with van der Waals surface area (Å²) in [6.07, 6.45) is 5.37. The van der Waals surface area contributed by atoms with Crippen LogP contribution in [0.1, 0.15) is 30.4 Å². The Morgan fingerprint density at radius 2 is 1.76 bits per heavy atom. The van der Waals surface area contributed by atoms with E-state index in [0.717, 1.165) is 39.8 Å². The van der Waals surface area contributed by atoms with Gasteiger partial charge in [-0.25, -0.2) is 9.97 Å². The van der Waals surface area contributed by atoms with E-state index in [1.807, 2.05) is 72.6 Å². The summed E-state index contributed by atoms with van der Waals surface area (Å²) in [4.78, 5) is 36.1. The van der Waals surface area contributed by atoms with Crippen LogP contribution in [0.15, 0.2) is 77.9 Å². The van der Waals surface area contributed by atoms with Crippen LogP contribution in [0.4, 0.5) is 0 Å². The van der Waals surface area contributed by atoms with Gasteiger partial charge in [0.25, 0.3) is 5.56 Å². The number of hydrogen-bond acceptors (Lipinski definition) is 8. The molecule has 254 valence electrons. The van der Waals surface area contributed by atoms with Crippen LogP contribution in [0, 0.1) is 0 Å². The van der Waals surface area contributed by atoms with Crippen molar-refractivity contribution in [2.75, 3.05) is 33.9 Å². The van der Waals surface area contributed by atoms with Crippen LogP contribution in [0.3, 0.4) is 0 Å². The zero-order valence-electron chi connectivity index (χ0n) is 27.4. The normalized spacial score (nSPS) is 14.5. The summed E-state index contributed by atoms with van der Waals surface area (Å²) in [5.41, 5.74) is 6.34. The molecule has 1 fully saturated rings. The Bertz CT molecular complexity index is 2050. The van der Waals surface area contributed by atoms with Crippen LogP contribution in [0.5, 0.6) is 5.88 Å². The van der Waals surface area contributed by atoms with E-state index in [9.17, 15) is 9.59 Å². The van der Waals surface area contributed by atoms with Gasteiger partial charge in [0.2, 0.25) is 11.8 Å². The molecule has 10 nitrogen and oxygen atoms in total. The SMILES string of the molecule is COc1nc(-c2cccc(-c3cccc(-c4ccn5c(=O)c(CN(C)CCCO)cnc5c4)c3Cl)c2Cl)ccc1CNC[C@@H]1CCC(=O)N1. The van der Waals surface area contributed by atoms with Gasteiger partial charge in [0.05, 0.1) is 28.4 Å². The van der Waals surface area contributed by atoms with E-state index in [1.54, 1.807) is 19.5 Å². The van der Waals surface area contributed by atoms with Gasteiger partial charge >= 0.3 is 0 Å². The Hall–Kier alpha value is -4.32. The molecule has 6 rings (SSSR count). The van der Waals surface area contributed by atoms with Gasteiger partial charge in [0, 0.05) is 85.5 Å². The molecule has 0 unspecified atom stereocenters. The van der Waals surface area contributed by atoms with Crippen molar-refractivity contribution in [3.63, 3.8) is 0 Å². The number of carbonyl (C=O) groups excluding carboxylic acids is 1. The van der Waals surface area contributed by atoms with Crippen LogP contribution >= 0.6 is 23.2 Å². The highest BCUT2D eigenvalue weighted by molar-refractivity contribution is 6.39. The number of hydrogen-bond donors (Lipinski definition) is 3. The predicted octanol–water partition coefficient (Wildman–Crippen LogP) is 5.59. The molecule has 0 bridgehead atoms. The first-order chi connectivity index (χ1) is 23.8. The van der Waals surface area contributed by atoms with Crippen LogP contribution in [0.25, 0.3) is 39.2 Å². The van der Waals surface area contributed by atoms with E-state index >= 15 is 0 Å². The van der Waals surface area contributed by atoms with Crippen LogP contribution in [-0.2, 0) is 17.9 Å². The van der Waals surface area contributed by atoms with Gasteiger partial charge in [0.1, 0.15) is 5.65 Å². The number of aliphatic hydroxyl groups is 1. The van der Waals surface area contributed by atoms with Gasteiger partial charge in [-0.15, -0.1) is 0 Å². The Morgan fingerprint density at radius 3 is 2.47 bits per heavy atom. The van der Waals surface area contributed by atoms with E-state index in [4.69, 9.17) is 38.0 Å². The molecule has 3 N–H and O–H groups in total. The molecule has 4 heterocycles. The Labute approximate surface area is 294 Å². The number of pyridine rings is 2. The molecule has 0 radical (unpaired) electrons. The van der Waals surface area contributed by atoms with Gasteiger partial charge in [-0.2, -0.15) is 0 Å². The molecule has 0 spiro atoms. The number of nitrogens with one attached hydrogen (secondary N) is 2. The third-order valence-corrected chi connectivity index (χ3v) is 9.53. The largest absolute Gasteiger partial charge is 0.481 e. The molecular weight excluding hydrogens is 663 g/mol. The highest BCUT2D eigenvalue weighted by Gasteiger charge is 2.21. The van der Waals surface area contributed by atoms with Crippen molar-refractivity contribution in [3.05, 3.63) is 105 Å². The van der Waals surface area contributed by atoms with Crippen LogP contribution in [0.2, 0.25) is 10.0 Å². The maximum absolute atomic E-state index is 13.2. The van der Waals surface area contributed by atoms with Gasteiger partial charge in [0.15, 0.2) is 0 Å². The first-order valence-electron chi connectivity index (χ1n) is 16.2. The summed E-state index contributed by atoms with van der Waals surface area (Å²) in [6.45, 7) is 2.44. The summed E-state index contributed by atoms with van der Waals surface area (Å²) < 4.78 is 7.18. The topological polar surface area (TPSA) is 121 Å². The number of rotatable bonds is 13. The molecule has 1 atom stereocenters. The second-order valence-corrected chi connectivity index (χ2v) is 12.9. The molecule has 3 aromatic heterocycles. The molecule has 5 aromatic rings. The van der Waals surface area contributed by atoms with E-state index in [0.29, 0.717) is 71.9 Å². The minimum atomic E-state index is -0.135. The number of carbonyl (C=O) groups is 1. The highest BCUT2D eigenvalue weighted by Crippen LogP contribution is 2.42. The molecular formula is C37H38Cl2N6O4. The number of benzene rings is 2. The van der Waals surface area contributed by atoms with Crippen molar-refractivity contribution >= 4 is 34.8 Å². The molecule has 49 heavy (non-hydrogen) atoms. The van der Waals surface area contributed by atoms with E-state index < -0.39 is 0 Å². The molecule has 2 aromatic carbocycles. The lowest BCUT2D eigenvalue weighted by molar-refractivity contribution is -0.119. The molecule has 1 aliphatic heterocycles. The maximum Gasteiger partial charge on any atom is 0.262 e. The number of aromatic nitrogens is 3. The number of nitrogens with zero attached hydrogens (tertiary/aromatic N) is 4. The monoisotopic (exact) mass is 700 g/mol. The maximum atomic E-state index is 13.2. The van der Waals surface area contributed by atoms with Crippen molar-refractivity contribution in [2.45, 2.75) is 38.4 Å². The quantitative estimate of drug-likeness (QED) is 0.145. The summed E-state index contributed by atoms with van der Waals surface area (Å²) >= 11 is 14.2. The number of ether oxygens (including phenoxy) is 1. The molecule has 1 amide bonds. The van der Waals surface area contributed by atoms with Gasteiger partial charge in [-0.3, -0.25) is 14.0 Å². The number of amides is 1. The summed E-state index contributed by atoms with van der Waals surface area (Å²) in [6, 6.07) is 19.3. The molecule has 1 saturated heterocycles. The molecule has 0 saturated carbocycles. The van der Waals surface area contributed by atoms with Crippen LogP contribution in [-0.4, -0.2) is 70.2 Å². The number of fused-ring (bicyclic) bond motifs is 1. The lowest BCUT2D eigenvalue weighted by atomic mass is 9.97. The lowest BCUT2D eigenvalue weighted by Crippen LogP contribution is -2.35. The number of aliphatic hydroxyl groups excluding tert-OH is 1. The van der Waals surface area contributed by atoms with Crippen molar-refractivity contribution in [1.82, 2.24) is 29.9 Å². The fourth-order valence-electron chi connectivity index (χ4n) is 6.14. The van der Waals surface area contributed by atoms with E-state index in [-0.39, 0.29) is 24.1 Å². The Morgan fingerprint density at radius 1 is 1.02 bits per heavy atom. The average molecular weight is 702 g/mol. The first-order valence-corrected chi connectivity index (χ1v) is 16.9. The van der Waals surface area contributed by atoms with Crippen molar-refractivity contribution in [1.29, 1.82) is 0 Å². The molecule has 12 heteroatoms.